The predicted octanol–water partition coefficient (Wildman–Crippen LogP) is -0.734. The smallest absolute Gasteiger partial charge is 0.743 e. The molecule has 0 radical (unpaired) electrons. The van der Waals surface area contributed by atoms with Crippen LogP contribution in [0.4, 0.5) is 22.0 Å². The zero-order valence-corrected chi connectivity index (χ0v) is 13.2. The zero-order chi connectivity index (χ0) is 14.6. The molecule has 4 nitrogen and oxygen atoms in total. The van der Waals surface area contributed by atoms with E-state index in [1.54, 1.807) is 6.92 Å². The number of hydrogen-bond acceptors (Lipinski definition) is 4. The largest absolute Gasteiger partial charge is 1.00 e. The van der Waals surface area contributed by atoms with E-state index in [4.69, 9.17) is 0 Å². The minimum absolute atomic E-state index is 0. The van der Waals surface area contributed by atoms with E-state index in [0.717, 1.165) is 0 Å². The van der Waals surface area contributed by atoms with Gasteiger partial charge in [-0.2, -0.15) is 22.0 Å². The van der Waals surface area contributed by atoms with Gasteiger partial charge < -0.3 is 9.29 Å². The molecular weight excluding hydrogens is 310 g/mol. The number of ether oxygens (including phenoxy) is 1. The van der Waals surface area contributed by atoms with Crippen LogP contribution in [0.3, 0.4) is 0 Å². The van der Waals surface area contributed by atoms with Crippen molar-refractivity contribution in [2.75, 3.05) is 6.61 Å². The Labute approximate surface area is 129 Å². The third-order valence-corrected chi connectivity index (χ3v) is 2.85. The van der Waals surface area contributed by atoms with Crippen molar-refractivity contribution >= 4 is 10.1 Å². The molecule has 19 heavy (non-hydrogen) atoms. The van der Waals surface area contributed by atoms with Gasteiger partial charge in [0.2, 0.25) is 6.10 Å². The molecule has 1 unspecified atom stereocenters. The van der Waals surface area contributed by atoms with E-state index in [0.29, 0.717) is 12.8 Å². The first-order chi connectivity index (χ1) is 7.94. The SMILES string of the molecule is CCCCCOC(C(F)(F)F)C(F)(F)S(=O)(=O)[O-].[Na+]. The van der Waals surface area contributed by atoms with Crippen molar-refractivity contribution in [3.05, 3.63) is 0 Å². The third-order valence-electron chi connectivity index (χ3n) is 1.97. The minimum atomic E-state index is -6.46. The van der Waals surface area contributed by atoms with Gasteiger partial charge in [-0.1, -0.05) is 19.8 Å². The molecule has 0 bridgehead atoms. The van der Waals surface area contributed by atoms with E-state index >= 15 is 0 Å². The predicted molar refractivity (Wildman–Crippen MR) is 50.0 cm³/mol. The van der Waals surface area contributed by atoms with Gasteiger partial charge in [-0.25, -0.2) is 8.42 Å². The van der Waals surface area contributed by atoms with E-state index in [9.17, 15) is 34.9 Å². The molecule has 0 aromatic heterocycles. The van der Waals surface area contributed by atoms with Gasteiger partial charge >= 0.3 is 41.0 Å². The molecule has 0 saturated heterocycles. The van der Waals surface area contributed by atoms with Gasteiger partial charge in [0.1, 0.15) is 0 Å². The van der Waals surface area contributed by atoms with Gasteiger partial charge in [0.25, 0.3) is 0 Å². The van der Waals surface area contributed by atoms with Gasteiger partial charge in [-0.15, -0.1) is 0 Å². The monoisotopic (exact) mass is 322 g/mol. The Kier molecular flexibility index (Phi) is 9.28. The maximum absolute atomic E-state index is 12.9. The fraction of sp³-hybridized carbons (Fsp3) is 1.00. The van der Waals surface area contributed by atoms with Gasteiger partial charge in [-0.3, -0.25) is 0 Å². The topological polar surface area (TPSA) is 66.4 Å². The molecule has 0 N–H and O–H groups in total. The molecule has 110 valence electrons. The van der Waals surface area contributed by atoms with E-state index in [-0.39, 0.29) is 36.0 Å². The average Bonchev–Trinajstić information content (AvgIpc) is 2.13. The molecule has 0 rings (SSSR count). The molecule has 1 atom stereocenters. The molecule has 0 fully saturated rings. The molecule has 0 amide bonds. The van der Waals surface area contributed by atoms with Crippen LogP contribution in [0.5, 0.6) is 0 Å². The summed E-state index contributed by atoms with van der Waals surface area (Å²) in [5.74, 6) is 0. The van der Waals surface area contributed by atoms with Crippen LogP contribution in [0.25, 0.3) is 0 Å². The first-order valence-corrected chi connectivity index (χ1v) is 6.37. The van der Waals surface area contributed by atoms with Crippen molar-refractivity contribution in [1.29, 1.82) is 0 Å². The third kappa shape index (κ3) is 6.67. The van der Waals surface area contributed by atoms with Crippen molar-refractivity contribution in [3.63, 3.8) is 0 Å². The van der Waals surface area contributed by atoms with Gasteiger partial charge in [-0.05, 0) is 6.42 Å². The number of unbranched alkanes of at least 4 members (excludes halogenated alkanes) is 2. The molecule has 0 aromatic carbocycles. The normalized spacial score (nSPS) is 14.9. The Bertz CT molecular complexity index is 357. The van der Waals surface area contributed by atoms with Crippen LogP contribution >= 0.6 is 0 Å². The molecule has 0 aromatic rings. The van der Waals surface area contributed by atoms with Crippen molar-refractivity contribution in [2.24, 2.45) is 0 Å². The summed E-state index contributed by atoms with van der Waals surface area (Å²) in [4.78, 5) is 0. The quantitative estimate of drug-likeness (QED) is 0.268. The van der Waals surface area contributed by atoms with Gasteiger partial charge in [0.05, 0.1) is 0 Å². The maximum Gasteiger partial charge on any atom is 1.00 e. The van der Waals surface area contributed by atoms with E-state index in [2.05, 4.69) is 4.74 Å². The number of alkyl halides is 5. The van der Waals surface area contributed by atoms with E-state index in [1.807, 2.05) is 0 Å². The second kappa shape index (κ2) is 8.08. The summed E-state index contributed by atoms with van der Waals surface area (Å²) in [7, 11) is -6.46. The van der Waals surface area contributed by atoms with Crippen LogP contribution < -0.4 is 29.6 Å². The molecule has 0 aliphatic rings. The Morgan fingerprint density at radius 3 is 1.95 bits per heavy atom. The summed E-state index contributed by atoms with van der Waals surface area (Å²) in [5, 5.41) is -5.54. The van der Waals surface area contributed by atoms with Crippen molar-refractivity contribution < 1.29 is 69.2 Å². The summed E-state index contributed by atoms with van der Waals surface area (Å²) in [5.41, 5.74) is 0. The second-order valence-electron chi connectivity index (χ2n) is 3.52. The summed E-state index contributed by atoms with van der Waals surface area (Å²) >= 11 is 0. The molecule has 0 aliphatic heterocycles. The Morgan fingerprint density at radius 1 is 1.16 bits per heavy atom. The van der Waals surface area contributed by atoms with Crippen molar-refractivity contribution in [1.82, 2.24) is 0 Å². The first kappa shape index (κ1) is 21.8. The van der Waals surface area contributed by atoms with Gasteiger partial charge in [0, 0.05) is 6.61 Å². The van der Waals surface area contributed by atoms with Crippen LogP contribution in [0, 0.1) is 0 Å². The van der Waals surface area contributed by atoms with Gasteiger partial charge in [0.15, 0.2) is 10.1 Å². The van der Waals surface area contributed by atoms with Crippen LogP contribution in [-0.2, 0) is 14.9 Å². The zero-order valence-electron chi connectivity index (χ0n) is 10.3. The Morgan fingerprint density at radius 2 is 1.63 bits per heavy atom. The standard InChI is InChI=1S/C8H13F5O4S.Na/c1-2-3-4-5-17-6(7(9,10)11)8(12,13)18(14,15)16;/h6H,2-5H2,1H3,(H,14,15,16);/q;+1/p-1. The summed E-state index contributed by atoms with van der Waals surface area (Å²) in [6.07, 6.45) is -8.49. The van der Waals surface area contributed by atoms with Crippen LogP contribution in [-0.4, -0.2) is 37.1 Å². The molecule has 11 heteroatoms. The fourth-order valence-corrected chi connectivity index (χ4v) is 1.53. The van der Waals surface area contributed by atoms with Crippen LogP contribution in [0.2, 0.25) is 0 Å². The minimum Gasteiger partial charge on any atom is -0.743 e. The van der Waals surface area contributed by atoms with Crippen molar-refractivity contribution in [3.8, 4) is 0 Å². The van der Waals surface area contributed by atoms with Crippen molar-refractivity contribution in [2.45, 2.75) is 43.7 Å². The molecular formula is C8H12F5NaO4S. The fourth-order valence-electron chi connectivity index (χ4n) is 1.07. The second-order valence-corrected chi connectivity index (χ2v) is 4.97. The Balaban J connectivity index is 0. The van der Waals surface area contributed by atoms with E-state index < -0.39 is 34.3 Å². The summed E-state index contributed by atoms with van der Waals surface area (Å²) in [6.45, 7) is 1.01. The number of rotatable bonds is 7. The van der Waals surface area contributed by atoms with E-state index in [1.165, 1.54) is 0 Å². The maximum atomic E-state index is 12.9. The molecule has 0 aliphatic carbocycles. The Hall–Kier alpha value is 0.520. The first-order valence-electron chi connectivity index (χ1n) is 4.96. The number of halogens is 5. The summed E-state index contributed by atoms with van der Waals surface area (Å²) < 4.78 is 96.7. The molecule has 0 spiro atoms. The van der Waals surface area contributed by atoms with Crippen LogP contribution in [0.15, 0.2) is 0 Å². The average molecular weight is 322 g/mol. The van der Waals surface area contributed by atoms with Crippen LogP contribution in [0.1, 0.15) is 26.2 Å². The number of hydrogen-bond donors (Lipinski definition) is 0. The molecule has 0 heterocycles. The summed E-state index contributed by atoms with van der Waals surface area (Å²) in [6, 6.07) is 0. The molecule has 0 saturated carbocycles.